The molecule has 0 radical (unpaired) electrons. The summed E-state index contributed by atoms with van der Waals surface area (Å²) in [5.41, 5.74) is 5.98. The highest BCUT2D eigenvalue weighted by Gasteiger charge is 2.41. The minimum atomic E-state index is -0.148. The fraction of sp³-hybridized carbons (Fsp3) is 0.471. The van der Waals surface area contributed by atoms with E-state index in [-0.39, 0.29) is 17.7 Å². The van der Waals surface area contributed by atoms with E-state index in [0.29, 0.717) is 41.2 Å². The van der Waals surface area contributed by atoms with Crippen molar-refractivity contribution >= 4 is 22.4 Å². The maximum atomic E-state index is 11.8. The van der Waals surface area contributed by atoms with Crippen molar-refractivity contribution in [3.63, 3.8) is 0 Å². The molecule has 1 aromatic carbocycles. The molecule has 4 atom stereocenters. The van der Waals surface area contributed by atoms with E-state index in [2.05, 4.69) is 4.98 Å². The normalized spacial score (nSPS) is 30.3. The molecule has 4 rings (SSSR count). The quantitative estimate of drug-likeness (QED) is 0.883. The number of ether oxygens (including phenoxy) is 2. The van der Waals surface area contributed by atoms with Crippen LogP contribution in [-0.2, 0) is 4.74 Å². The monoisotopic (exact) mass is 334 g/mol. The van der Waals surface area contributed by atoms with E-state index >= 15 is 0 Å². The summed E-state index contributed by atoms with van der Waals surface area (Å²) in [6.07, 6.45) is 3.52. The molecule has 2 aromatic rings. The van der Waals surface area contributed by atoms with E-state index in [9.17, 15) is 4.79 Å². The van der Waals surface area contributed by atoms with Gasteiger partial charge in [-0.2, -0.15) is 0 Å². The Bertz CT molecular complexity index is 777. The Labute approximate surface area is 138 Å². The van der Waals surface area contributed by atoms with Crippen LogP contribution in [0.4, 0.5) is 0 Å². The summed E-state index contributed by atoms with van der Waals surface area (Å²) < 4.78 is 11.9. The third kappa shape index (κ3) is 2.73. The van der Waals surface area contributed by atoms with Gasteiger partial charge in [-0.25, -0.2) is 0 Å². The molecule has 2 unspecified atom stereocenters. The molecule has 122 valence electrons. The van der Waals surface area contributed by atoms with Crippen molar-refractivity contribution in [1.29, 1.82) is 0 Å². The highest BCUT2D eigenvalue weighted by Crippen LogP contribution is 2.38. The zero-order chi connectivity index (χ0) is 16.0. The Balaban J connectivity index is 1.67. The predicted molar refractivity (Wildman–Crippen MR) is 89.0 cm³/mol. The van der Waals surface area contributed by atoms with Gasteiger partial charge in [0, 0.05) is 29.5 Å². The van der Waals surface area contributed by atoms with Crippen molar-refractivity contribution in [2.75, 3.05) is 13.2 Å². The summed E-state index contributed by atoms with van der Waals surface area (Å²) in [6.45, 7) is 1.36. The van der Waals surface area contributed by atoms with Gasteiger partial charge in [0.2, 0.25) is 0 Å². The van der Waals surface area contributed by atoms with Gasteiger partial charge in [-0.3, -0.25) is 4.79 Å². The second-order valence-electron chi connectivity index (χ2n) is 6.55. The van der Waals surface area contributed by atoms with E-state index in [1.54, 1.807) is 12.3 Å². The molecule has 1 saturated heterocycles. The fourth-order valence-corrected chi connectivity index (χ4v) is 4.05. The summed E-state index contributed by atoms with van der Waals surface area (Å²) in [7, 11) is 0. The molecule has 0 spiro atoms. The summed E-state index contributed by atoms with van der Waals surface area (Å²) in [6, 6.07) is 5.59. The predicted octanol–water partition coefficient (Wildman–Crippen LogP) is 2.31. The average molecular weight is 335 g/mol. The molecule has 3 N–H and O–H groups in total. The second kappa shape index (κ2) is 5.82. The molecule has 1 aliphatic carbocycles. The third-order valence-electron chi connectivity index (χ3n) is 4.89. The van der Waals surface area contributed by atoms with Crippen molar-refractivity contribution in [3.05, 3.63) is 39.8 Å². The maximum Gasteiger partial charge on any atom is 0.255 e. The number of H-pyrrole nitrogens is 1. The minimum absolute atomic E-state index is 0.0699. The van der Waals surface area contributed by atoms with Crippen LogP contribution in [-0.4, -0.2) is 30.3 Å². The largest absolute Gasteiger partial charge is 0.488 e. The summed E-state index contributed by atoms with van der Waals surface area (Å²) >= 11 is 6.35. The molecule has 0 amide bonds. The van der Waals surface area contributed by atoms with Crippen molar-refractivity contribution in [1.82, 2.24) is 4.98 Å². The lowest BCUT2D eigenvalue weighted by Crippen LogP contribution is -2.52. The van der Waals surface area contributed by atoms with Gasteiger partial charge in [-0.15, -0.1) is 0 Å². The first-order valence-corrected chi connectivity index (χ1v) is 8.30. The van der Waals surface area contributed by atoms with Crippen LogP contribution in [0.5, 0.6) is 5.75 Å². The van der Waals surface area contributed by atoms with Gasteiger partial charge in [0.1, 0.15) is 11.9 Å². The lowest BCUT2D eigenvalue weighted by Gasteiger charge is -2.44. The smallest absolute Gasteiger partial charge is 0.255 e. The molecular weight excluding hydrogens is 316 g/mol. The SMILES string of the molecule is NC1C[C@H]2COC[C@@H](C1)C2Oc1cc2cc[nH]c(=O)c2cc1Cl. The van der Waals surface area contributed by atoms with Gasteiger partial charge in [-0.1, -0.05) is 11.6 Å². The van der Waals surface area contributed by atoms with Crippen LogP contribution in [0.15, 0.2) is 29.2 Å². The number of aromatic amines is 1. The molecule has 2 heterocycles. The topological polar surface area (TPSA) is 77.3 Å². The van der Waals surface area contributed by atoms with Crippen LogP contribution < -0.4 is 16.0 Å². The number of pyridine rings is 1. The van der Waals surface area contributed by atoms with E-state index in [4.69, 9.17) is 26.8 Å². The first kappa shape index (κ1) is 15.0. The van der Waals surface area contributed by atoms with E-state index in [0.717, 1.165) is 18.2 Å². The lowest BCUT2D eigenvalue weighted by molar-refractivity contribution is -0.0947. The number of nitrogens with two attached hydrogens (primary N) is 1. The Morgan fingerprint density at radius 2 is 2.00 bits per heavy atom. The Morgan fingerprint density at radius 3 is 2.74 bits per heavy atom. The first-order valence-electron chi connectivity index (χ1n) is 7.93. The van der Waals surface area contributed by atoms with Crippen molar-refractivity contribution in [2.24, 2.45) is 17.6 Å². The number of benzene rings is 1. The number of nitrogens with one attached hydrogen (secondary N) is 1. The summed E-state index contributed by atoms with van der Waals surface area (Å²) in [5.74, 6) is 1.22. The fourth-order valence-electron chi connectivity index (χ4n) is 3.84. The van der Waals surface area contributed by atoms with Crippen LogP contribution in [0.3, 0.4) is 0 Å². The number of rotatable bonds is 2. The zero-order valence-electron chi connectivity index (χ0n) is 12.6. The average Bonchev–Trinajstić information content (AvgIpc) is 2.50. The van der Waals surface area contributed by atoms with Crippen molar-refractivity contribution < 1.29 is 9.47 Å². The number of aromatic nitrogens is 1. The Hall–Kier alpha value is -1.56. The van der Waals surface area contributed by atoms with Gasteiger partial charge in [0.05, 0.1) is 18.2 Å². The van der Waals surface area contributed by atoms with Gasteiger partial charge in [0.25, 0.3) is 5.56 Å². The number of hydrogen-bond donors (Lipinski definition) is 2. The van der Waals surface area contributed by atoms with Gasteiger partial charge in [0.15, 0.2) is 0 Å². The summed E-state index contributed by atoms with van der Waals surface area (Å²) in [4.78, 5) is 14.5. The van der Waals surface area contributed by atoms with Crippen LogP contribution in [0.1, 0.15) is 12.8 Å². The zero-order valence-corrected chi connectivity index (χ0v) is 13.4. The van der Waals surface area contributed by atoms with Crippen LogP contribution in [0, 0.1) is 11.8 Å². The van der Waals surface area contributed by atoms with Crippen molar-refractivity contribution in [3.8, 4) is 5.75 Å². The van der Waals surface area contributed by atoms with E-state index in [1.807, 2.05) is 12.1 Å². The van der Waals surface area contributed by atoms with Crippen LogP contribution in [0.25, 0.3) is 10.8 Å². The number of hydrogen-bond acceptors (Lipinski definition) is 4. The molecule has 23 heavy (non-hydrogen) atoms. The molecule has 1 aliphatic heterocycles. The molecule has 2 bridgehead atoms. The highest BCUT2D eigenvalue weighted by molar-refractivity contribution is 6.32. The van der Waals surface area contributed by atoms with Crippen LogP contribution in [0.2, 0.25) is 5.02 Å². The van der Waals surface area contributed by atoms with Crippen LogP contribution >= 0.6 is 11.6 Å². The van der Waals surface area contributed by atoms with Crippen molar-refractivity contribution in [2.45, 2.75) is 25.0 Å². The van der Waals surface area contributed by atoms with E-state index < -0.39 is 0 Å². The van der Waals surface area contributed by atoms with E-state index in [1.165, 1.54) is 0 Å². The Morgan fingerprint density at radius 1 is 1.26 bits per heavy atom. The Kier molecular flexibility index (Phi) is 3.79. The summed E-state index contributed by atoms with van der Waals surface area (Å²) in [5, 5.41) is 1.85. The first-order chi connectivity index (χ1) is 11.1. The second-order valence-corrected chi connectivity index (χ2v) is 6.96. The molecule has 2 fully saturated rings. The standard InChI is InChI=1S/C17H19ClN2O3/c18-14-6-13-9(1-2-20-17(13)21)5-15(14)23-16-10-3-12(19)4-11(16)8-22-7-10/h1-2,5-6,10-12,16H,3-4,7-8,19H2,(H,20,21)/t10-,11+,12?,16?. The van der Waals surface area contributed by atoms with Gasteiger partial charge >= 0.3 is 0 Å². The number of halogens is 1. The minimum Gasteiger partial charge on any atom is -0.488 e. The third-order valence-corrected chi connectivity index (χ3v) is 5.19. The molecule has 6 heteroatoms. The lowest BCUT2D eigenvalue weighted by atomic mass is 9.75. The molecule has 1 saturated carbocycles. The molecule has 1 aromatic heterocycles. The number of fused-ring (bicyclic) bond motifs is 3. The highest BCUT2D eigenvalue weighted by atomic mass is 35.5. The van der Waals surface area contributed by atoms with Gasteiger partial charge < -0.3 is 20.2 Å². The molecule has 5 nitrogen and oxygen atoms in total. The molecule has 2 aliphatic rings. The van der Waals surface area contributed by atoms with Gasteiger partial charge in [-0.05, 0) is 36.4 Å². The molecular formula is C17H19ClN2O3. The maximum absolute atomic E-state index is 11.8.